The number of ether oxygens (including phenoxy) is 1. The van der Waals surface area contributed by atoms with Crippen LogP contribution in [0.1, 0.15) is 18.1 Å². The number of nitrogens with one attached hydrogen (secondary N) is 1. The predicted molar refractivity (Wildman–Crippen MR) is 68.5 cm³/mol. The van der Waals surface area contributed by atoms with E-state index in [2.05, 4.69) is 10.1 Å². The zero-order chi connectivity index (χ0) is 13.5. The number of carboxylic acids is 1. The van der Waals surface area contributed by atoms with Gasteiger partial charge in [-0.3, -0.25) is 5.32 Å². The number of carbonyl (C=O) groups excluding carboxylic acids is 1. The summed E-state index contributed by atoms with van der Waals surface area (Å²) in [5.74, 6) is -0.996. The molecule has 1 aromatic carbocycles. The highest BCUT2D eigenvalue weighted by Crippen LogP contribution is 2.19. The molecule has 0 aliphatic rings. The summed E-state index contributed by atoms with van der Waals surface area (Å²) in [6, 6.07) is 5.27. The third-order valence-corrected chi connectivity index (χ3v) is 2.35. The van der Waals surface area contributed by atoms with E-state index >= 15 is 0 Å². The van der Waals surface area contributed by atoms with E-state index in [1.54, 1.807) is 12.1 Å². The van der Waals surface area contributed by atoms with Crippen LogP contribution < -0.4 is 5.32 Å². The Bertz CT molecular complexity index is 480. The lowest BCUT2D eigenvalue weighted by Crippen LogP contribution is -2.12. The highest BCUT2D eigenvalue weighted by atomic mass is 16.5. The molecular formula is C13H15NO4. The molecule has 0 heterocycles. The van der Waals surface area contributed by atoms with Crippen LogP contribution in [0, 0.1) is 0 Å². The Labute approximate surface area is 105 Å². The van der Waals surface area contributed by atoms with Crippen LogP contribution in [0.25, 0.3) is 6.08 Å². The number of amides is 1. The van der Waals surface area contributed by atoms with Crippen LogP contribution in [0.2, 0.25) is 0 Å². The smallest absolute Gasteiger partial charge is 0.411 e. The third-order valence-electron chi connectivity index (χ3n) is 2.35. The van der Waals surface area contributed by atoms with Crippen molar-refractivity contribution in [3.8, 4) is 0 Å². The van der Waals surface area contributed by atoms with Crippen LogP contribution in [-0.2, 0) is 16.0 Å². The molecule has 0 unspecified atom stereocenters. The first-order chi connectivity index (χ1) is 8.56. The van der Waals surface area contributed by atoms with E-state index < -0.39 is 12.1 Å². The van der Waals surface area contributed by atoms with Crippen molar-refractivity contribution in [1.82, 2.24) is 0 Å². The lowest BCUT2D eigenvalue weighted by Gasteiger charge is -2.09. The van der Waals surface area contributed by atoms with Crippen molar-refractivity contribution < 1.29 is 19.4 Å². The second kappa shape index (κ2) is 6.44. The first kappa shape index (κ1) is 13.8. The quantitative estimate of drug-likeness (QED) is 0.804. The second-order valence-electron chi connectivity index (χ2n) is 3.56. The minimum atomic E-state index is -0.996. The summed E-state index contributed by atoms with van der Waals surface area (Å²) in [5, 5.41) is 11.1. The fourth-order valence-corrected chi connectivity index (χ4v) is 1.46. The molecule has 2 N–H and O–H groups in total. The van der Waals surface area contributed by atoms with Gasteiger partial charge in [0.25, 0.3) is 0 Å². The zero-order valence-corrected chi connectivity index (χ0v) is 10.3. The summed E-state index contributed by atoms with van der Waals surface area (Å²) < 4.78 is 4.52. The monoisotopic (exact) mass is 249 g/mol. The van der Waals surface area contributed by atoms with Crippen molar-refractivity contribution in [2.75, 3.05) is 12.4 Å². The Kier molecular flexibility index (Phi) is 4.92. The van der Waals surface area contributed by atoms with E-state index in [1.165, 1.54) is 13.2 Å². The van der Waals surface area contributed by atoms with Crippen LogP contribution >= 0.6 is 0 Å². The second-order valence-corrected chi connectivity index (χ2v) is 3.56. The number of aryl methyl sites for hydroxylation is 1. The Balaban J connectivity index is 2.96. The first-order valence-corrected chi connectivity index (χ1v) is 5.45. The number of carboxylic acid groups (broad SMARTS) is 1. The molecule has 0 bridgehead atoms. The van der Waals surface area contributed by atoms with E-state index in [9.17, 15) is 9.59 Å². The van der Waals surface area contributed by atoms with Gasteiger partial charge in [0.05, 0.1) is 7.11 Å². The van der Waals surface area contributed by atoms with Gasteiger partial charge in [-0.15, -0.1) is 0 Å². The fourth-order valence-electron chi connectivity index (χ4n) is 1.46. The molecule has 0 spiro atoms. The summed E-state index contributed by atoms with van der Waals surface area (Å²) in [5.41, 5.74) is 2.34. The number of carbonyl (C=O) groups is 2. The van der Waals surface area contributed by atoms with Crippen LogP contribution in [0.15, 0.2) is 24.3 Å². The fraction of sp³-hybridized carbons (Fsp3) is 0.231. The molecule has 96 valence electrons. The number of anilines is 1. The van der Waals surface area contributed by atoms with E-state index in [4.69, 9.17) is 5.11 Å². The van der Waals surface area contributed by atoms with Gasteiger partial charge < -0.3 is 9.84 Å². The van der Waals surface area contributed by atoms with Crippen LogP contribution in [0.3, 0.4) is 0 Å². The van der Waals surface area contributed by atoms with Gasteiger partial charge in [0.1, 0.15) is 0 Å². The van der Waals surface area contributed by atoms with Crippen LogP contribution in [-0.4, -0.2) is 24.3 Å². The third kappa shape index (κ3) is 3.93. The van der Waals surface area contributed by atoms with Crippen molar-refractivity contribution in [2.45, 2.75) is 13.3 Å². The first-order valence-electron chi connectivity index (χ1n) is 5.45. The molecule has 0 fully saturated rings. The van der Waals surface area contributed by atoms with Crippen molar-refractivity contribution in [3.05, 3.63) is 35.4 Å². The van der Waals surface area contributed by atoms with Gasteiger partial charge in [-0.25, -0.2) is 9.59 Å². The number of benzene rings is 1. The van der Waals surface area contributed by atoms with E-state index in [-0.39, 0.29) is 0 Å². The Hall–Kier alpha value is -2.30. The molecular weight excluding hydrogens is 234 g/mol. The molecule has 0 aliphatic carbocycles. The molecule has 18 heavy (non-hydrogen) atoms. The van der Waals surface area contributed by atoms with Gasteiger partial charge in [-0.2, -0.15) is 0 Å². The van der Waals surface area contributed by atoms with E-state index in [0.717, 1.165) is 17.2 Å². The van der Waals surface area contributed by atoms with Gasteiger partial charge in [0.2, 0.25) is 0 Å². The highest BCUT2D eigenvalue weighted by molar-refractivity contribution is 5.87. The van der Waals surface area contributed by atoms with Crippen LogP contribution in [0.4, 0.5) is 10.5 Å². The Morgan fingerprint density at radius 3 is 2.72 bits per heavy atom. The molecule has 1 rings (SSSR count). The number of rotatable bonds is 4. The minimum absolute atomic E-state index is 0.529. The molecule has 0 saturated carbocycles. The SMILES string of the molecule is CCc1cc(/C=C/C(=O)O)ccc1NC(=O)OC. The Morgan fingerprint density at radius 2 is 2.17 bits per heavy atom. The highest BCUT2D eigenvalue weighted by Gasteiger charge is 2.05. The average Bonchev–Trinajstić information content (AvgIpc) is 2.37. The van der Waals surface area contributed by atoms with Crippen LogP contribution in [0.5, 0.6) is 0 Å². The molecule has 0 radical (unpaired) electrons. The summed E-state index contributed by atoms with van der Waals surface area (Å²) in [6.45, 7) is 1.95. The lowest BCUT2D eigenvalue weighted by molar-refractivity contribution is -0.131. The summed E-state index contributed by atoms with van der Waals surface area (Å²) in [4.78, 5) is 21.5. The minimum Gasteiger partial charge on any atom is -0.478 e. The molecule has 0 atom stereocenters. The average molecular weight is 249 g/mol. The van der Waals surface area contributed by atoms with Gasteiger partial charge in [0, 0.05) is 11.8 Å². The van der Waals surface area contributed by atoms with E-state index in [1.807, 2.05) is 13.0 Å². The molecule has 5 heteroatoms. The normalized spacial score (nSPS) is 10.3. The number of hydrogen-bond donors (Lipinski definition) is 2. The molecule has 0 aromatic heterocycles. The van der Waals surface area contributed by atoms with Gasteiger partial charge in [-0.1, -0.05) is 13.0 Å². The molecule has 0 saturated heterocycles. The van der Waals surface area contributed by atoms with Crippen molar-refractivity contribution in [2.24, 2.45) is 0 Å². The van der Waals surface area contributed by atoms with Gasteiger partial charge in [-0.05, 0) is 35.8 Å². The predicted octanol–water partition coefficient (Wildman–Crippen LogP) is 2.53. The maximum absolute atomic E-state index is 11.1. The number of hydrogen-bond acceptors (Lipinski definition) is 3. The number of aliphatic carboxylic acids is 1. The zero-order valence-electron chi connectivity index (χ0n) is 10.3. The summed E-state index contributed by atoms with van der Waals surface area (Å²) in [6.07, 6.45) is 2.76. The molecule has 5 nitrogen and oxygen atoms in total. The summed E-state index contributed by atoms with van der Waals surface area (Å²) in [7, 11) is 1.30. The largest absolute Gasteiger partial charge is 0.478 e. The van der Waals surface area contributed by atoms with Gasteiger partial charge in [0.15, 0.2) is 0 Å². The maximum Gasteiger partial charge on any atom is 0.411 e. The standard InChI is InChI=1S/C13H15NO4/c1-3-10-8-9(5-7-12(15)16)4-6-11(10)14-13(17)18-2/h4-8H,3H2,1-2H3,(H,14,17)(H,15,16)/b7-5+. The van der Waals surface area contributed by atoms with E-state index in [0.29, 0.717) is 12.1 Å². The van der Waals surface area contributed by atoms with Crippen molar-refractivity contribution >= 4 is 23.8 Å². The Morgan fingerprint density at radius 1 is 1.44 bits per heavy atom. The topological polar surface area (TPSA) is 75.6 Å². The lowest BCUT2D eigenvalue weighted by atomic mass is 10.1. The van der Waals surface area contributed by atoms with Crippen molar-refractivity contribution in [1.29, 1.82) is 0 Å². The molecule has 1 aromatic rings. The summed E-state index contributed by atoms with van der Waals surface area (Å²) >= 11 is 0. The maximum atomic E-state index is 11.1. The molecule has 0 aliphatic heterocycles. The van der Waals surface area contributed by atoms with Gasteiger partial charge >= 0.3 is 12.1 Å². The molecule has 1 amide bonds. The number of methoxy groups -OCH3 is 1. The van der Waals surface area contributed by atoms with Crippen molar-refractivity contribution in [3.63, 3.8) is 0 Å².